The van der Waals surface area contributed by atoms with Crippen molar-refractivity contribution < 1.29 is 9.13 Å². The van der Waals surface area contributed by atoms with Crippen LogP contribution in [0.3, 0.4) is 0 Å². The van der Waals surface area contributed by atoms with Gasteiger partial charge in [-0.3, -0.25) is 10.4 Å². The highest BCUT2D eigenvalue weighted by Gasteiger charge is 2.21. The zero-order chi connectivity index (χ0) is 18.6. The van der Waals surface area contributed by atoms with Gasteiger partial charge in [0.05, 0.1) is 18.5 Å². The summed E-state index contributed by atoms with van der Waals surface area (Å²) in [5.41, 5.74) is 5.40. The average Bonchev–Trinajstić information content (AvgIpc) is 2.72. The van der Waals surface area contributed by atoms with Crippen molar-refractivity contribution >= 4 is 28.7 Å². The first-order chi connectivity index (χ1) is 13.2. The van der Waals surface area contributed by atoms with Crippen LogP contribution < -0.4 is 15.1 Å². The molecule has 0 aromatic carbocycles. The van der Waals surface area contributed by atoms with E-state index in [4.69, 9.17) is 17.0 Å². The van der Waals surface area contributed by atoms with Gasteiger partial charge in [-0.15, -0.1) is 0 Å². The first kappa shape index (κ1) is 17.6. The molecule has 2 aromatic rings. The molecule has 27 heavy (non-hydrogen) atoms. The molecule has 4 heterocycles. The average molecular weight is 386 g/mol. The lowest BCUT2D eigenvalue weighted by Crippen LogP contribution is -2.51. The maximum atomic E-state index is 13.3. The van der Waals surface area contributed by atoms with Gasteiger partial charge in [0.15, 0.2) is 5.11 Å². The maximum absolute atomic E-state index is 13.3. The van der Waals surface area contributed by atoms with E-state index in [1.807, 2.05) is 12.1 Å². The van der Waals surface area contributed by atoms with Crippen LogP contribution in [-0.4, -0.2) is 58.5 Å². The first-order valence-electron chi connectivity index (χ1n) is 8.76. The van der Waals surface area contributed by atoms with E-state index in [-0.39, 0.29) is 0 Å². The van der Waals surface area contributed by atoms with Crippen LogP contribution in [0.4, 0.5) is 10.1 Å². The summed E-state index contributed by atoms with van der Waals surface area (Å²) in [5, 5.41) is 4.98. The second-order valence-corrected chi connectivity index (χ2v) is 6.64. The molecule has 0 bridgehead atoms. The molecule has 4 rings (SSSR count). The Bertz CT molecular complexity index is 854. The van der Waals surface area contributed by atoms with Crippen molar-refractivity contribution in [3.05, 3.63) is 48.3 Å². The number of anilines is 1. The molecule has 1 saturated heterocycles. The molecule has 0 spiro atoms. The van der Waals surface area contributed by atoms with Gasteiger partial charge in [0.25, 0.3) is 0 Å². The summed E-state index contributed by atoms with van der Waals surface area (Å²) >= 11 is 5.48. The zero-order valence-electron chi connectivity index (χ0n) is 14.6. The van der Waals surface area contributed by atoms with Gasteiger partial charge in [0, 0.05) is 56.7 Å². The smallest absolute Gasteiger partial charge is 0.189 e. The highest BCUT2D eigenvalue weighted by atomic mass is 32.1. The Morgan fingerprint density at radius 1 is 1.22 bits per heavy atom. The number of nitrogens with zero attached hydrogens (tertiary/aromatic N) is 5. The molecular weight excluding hydrogens is 367 g/mol. The minimum Gasteiger partial charge on any atom is -0.491 e. The van der Waals surface area contributed by atoms with E-state index in [1.54, 1.807) is 12.4 Å². The summed E-state index contributed by atoms with van der Waals surface area (Å²) in [6.07, 6.45) is 5.36. The molecule has 9 heteroatoms. The van der Waals surface area contributed by atoms with Crippen LogP contribution in [0.25, 0.3) is 0 Å². The van der Waals surface area contributed by atoms with Gasteiger partial charge in [0.1, 0.15) is 17.3 Å². The molecule has 140 valence electrons. The summed E-state index contributed by atoms with van der Waals surface area (Å²) in [6, 6.07) is 5.35. The van der Waals surface area contributed by atoms with Crippen molar-refractivity contribution in [3.8, 4) is 5.75 Å². The Balaban J connectivity index is 1.36. The number of hydrazone groups is 1. The van der Waals surface area contributed by atoms with Gasteiger partial charge >= 0.3 is 0 Å². The second-order valence-electron chi connectivity index (χ2n) is 6.25. The van der Waals surface area contributed by atoms with Crippen molar-refractivity contribution in [2.24, 2.45) is 5.10 Å². The van der Waals surface area contributed by atoms with E-state index in [0.29, 0.717) is 35.3 Å². The van der Waals surface area contributed by atoms with Gasteiger partial charge in [0.2, 0.25) is 0 Å². The van der Waals surface area contributed by atoms with E-state index in [1.165, 1.54) is 18.0 Å². The molecule has 0 saturated carbocycles. The standard InChI is InChI=1S/C18H19FN6OS/c19-13-11-16-17(21-12-13)15(3-10-26-16)22-23-18(27)25-8-6-24(7-9-25)14-1-4-20-5-2-14/h1-2,4-5,11-12H,3,6-10H2,(H,23,27)/b22-15-. The Morgan fingerprint density at radius 3 is 2.78 bits per heavy atom. The zero-order valence-corrected chi connectivity index (χ0v) is 15.5. The summed E-state index contributed by atoms with van der Waals surface area (Å²) in [7, 11) is 0. The van der Waals surface area contributed by atoms with Crippen molar-refractivity contribution in [1.29, 1.82) is 0 Å². The lowest BCUT2D eigenvalue weighted by atomic mass is 10.1. The highest BCUT2D eigenvalue weighted by molar-refractivity contribution is 7.80. The molecular formula is C18H19FN6OS. The number of rotatable bonds is 2. The van der Waals surface area contributed by atoms with Crippen LogP contribution in [0.1, 0.15) is 12.1 Å². The SMILES string of the molecule is Fc1cnc2c(c1)OCC/C2=N/NC(=S)N1CCN(c2ccncc2)CC1. The number of hydrogen-bond donors (Lipinski definition) is 1. The predicted octanol–water partition coefficient (Wildman–Crippen LogP) is 1.80. The fourth-order valence-electron chi connectivity index (χ4n) is 3.14. The molecule has 2 aliphatic heterocycles. The Kier molecular flexibility index (Phi) is 5.10. The molecule has 2 aliphatic rings. The van der Waals surface area contributed by atoms with Crippen LogP contribution >= 0.6 is 12.2 Å². The van der Waals surface area contributed by atoms with Gasteiger partial charge in [-0.25, -0.2) is 9.37 Å². The van der Waals surface area contributed by atoms with Gasteiger partial charge in [-0.05, 0) is 24.4 Å². The third kappa shape index (κ3) is 3.97. The lowest BCUT2D eigenvalue weighted by molar-refractivity contribution is 0.316. The Hall–Kier alpha value is -2.81. The highest BCUT2D eigenvalue weighted by Crippen LogP contribution is 2.23. The lowest BCUT2D eigenvalue weighted by Gasteiger charge is -2.36. The maximum Gasteiger partial charge on any atom is 0.189 e. The summed E-state index contributed by atoms with van der Waals surface area (Å²) in [6.45, 7) is 3.81. The first-order valence-corrected chi connectivity index (χ1v) is 9.17. The molecule has 0 radical (unpaired) electrons. The molecule has 2 aromatic heterocycles. The minimum atomic E-state index is -0.425. The molecule has 1 fully saturated rings. The molecule has 0 unspecified atom stereocenters. The number of hydrogen-bond acceptors (Lipinski definition) is 6. The normalized spacial score (nSPS) is 18.0. The van der Waals surface area contributed by atoms with E-state index < -0.39 is 5.82 Å². The van der Waals surface area contributed by atoms with E-state index in [0.717, 1.165) is 26.2 Å². The molecule has 0 aliphatic carbocycles. The monoisotopic (exact) mass is 386 g/mol. The van der Waals surface area contributed by atoms with E-state index in [9.17, 15) is 4.39 Å². The fourth-order valence-corrected chi connectivity index (χ4v) is 3.37. The van der Waals surface area contributed by atoms with Crippen LogP contribution in [0.15, 0.2) is 41.9 Å². The van der Waals surface area contributed by atoms with Crippen molar-refractivity contribution in [2.45, 2.75) is 6.42 Å². The Morgan fingerprint density at radius 2 is 2.00 bits per heavy atom. The van der Waals surface area contributed by atoms with Gasteiger partial charge in [-0.1, -0.05) is 0 Å². The molecule has 7 nitrogen and oxygen atoms in total. The van der Waals surface area contributed by atoms with Crippen LogP contribution in [0.2, 0.25) is 0 Å². The number of thiocarbonyl (C=S) groups is 1. The molecule has 1 N–H and O–H groups in total. The van der Waals surface area contributed by atoms with Crippen molar-refractivity contribution in [3.63, 3.8) is 0 Å². The van der Waals surface area contributed by atoms with Crippen molar-refractivity contribution in [2.75, 3.05) is 37.7 Å². The van der Waals surface area contributed by atoms with Gasteiger partial charge in [-0.2, -0.15) is 5.10 Å². The number of nitrogens with one attached hydrogen (secondary N) is 1. The minimum absolute atomic E-state index is 0.415. The van der Waals surface area contributed by atoms with Crippen LogP contribution in [0, 0.1) is 5.82 Å². The van der Waals surface area contributed by atoms with Crippen molar-refractivity contribution in [1.82, 2.24) is 20.3 Å². The fraction of sp³-hybridized carbons (Fsp3) is 0.333. The Labute approximate surface area is 161 Å². The van der Waals surface area contributed by atoms with Gasteiger partial charge < -0.3 is 14.5 Å². The summed E-state index contributed by atoms with van der Waals surface area (Å²) in [4.78, 5) is 12.5. The largest absolute Gasteiger partial charge is 0.491 e. The third-order valence-electron chi connectivity index (χ3n) is 4.57. The summed E-state index contributed by atoms with van der Waals surface area (Å²) in [5.74, 6) is -0.00997. The van der Waals surface area contributed by atoms with E-state index in [2.05, 4.69) is 30.3 Å². The molecule has 0 atom stereocenters. The quantitative estimate of drug-likeness (QED) is 0.624. The summed E-state index contributed by atoms with van der Waals surface area (Å²) < 4.78 is 18.7. The number of aromatic nitrogens is 2. The number of fused-ring (bicyclic) bond motifs is 1. The van der Waals surface area contributed by atoms with Crippen LogP contribution in [0.5, 0.6) is 5.75 Å². The number of ether oxygens (including phenoxy) is 1. The second kappa shape index (κ2) is 7.83. The topological polar surface area (TPSA) is 65.9 Å². The number of halogens is 1. The van der Waals surface area contributed by atoms with E-state index >= 15 is 0 Å². The number of pyridine rings is 2. The third-order valence-corrected chi connectivity index (χ3v) is 4.92. The number of piperazine rings is 1. The predicted molar refractivity (Wildman–Crippen MR) is 105 cm³/mol. The molecule has 0 amide bonds. The van der Waals surface area contributed by atoms with Crippen LogP contribution in [-0.2, 0) is 0 Å².